The summed E-state index contributed by atoms with van der Waals surface area (Å²) in [6, 6.07) is 0. The average Bonchev–Trinajstić information content (AvgIpc) is 3.15. The van der Waals surface area contributed by atoms with Crippen molar-refractivity contribution in [3.05, 3.63) is 24.3 Å². The Hall–Kier alpha value is -1.82. The Morgan fingerprint density at radius 3 is 1.55 bits per heavy atom. The Kier molecular flexibility index (Phi) is 32.2. The molecule has 0 amide bonds. The molecular weight excluding hydrogens is 676 g/mol. The molecule has 53 heavy (non-hydrogen) atoms. The van der Waals surface area contributed by atoms with Gasteiger partial charge in [-0.25, -0.2) is 0 Å². The molecule has 0 aliphatic carbocycles. The van der Waals surface area contributed by atoms with Crippen molar-refractivity contribution in [2.45, 2.75) is 218 Å². The molecule has 6 atom stereocenters. The van der Waals surface area contributed by atoms with Gasteiger partial charge in [-0.2, -0.15) is 0 Å². The number of rotatable bonds is 35. The van der Waals surface area contributed by atoms with Gasteiger partial charge in [-0.05, 0) is 51.4 Å². The van der Waals surface area contributed by atoms with Crippen LogP contribution in [-0.2, 0) is 28.5 Å². The van der Waals surface area contributed by atoms with Gasteiger partial charge in [-0.3, -0.25) is 9.59 Å². The highest BCUT2D eigenvalue weighted by Gasteiger charge is 2.44. The second kappa shape index (κ2) is 34.7. The molecule has 0 spiro atoms. The fourth-order valence-corrected chi connectivity index (χ4v) is 6.38. The highest BCUT2D eigenvalue weighted by atomic mass is 16.7. The molecule has 0 aromatic heterocycles. The van der Waals surface area contributed by atoms with Crippen molar-refractivity contribution in [1.82, 2.24) is 0 Å². The molecule has 10 heteroatoms. The number of ether oxygens (including phenoxy) is 4. The molecule has 1 fully saturated rings. The third-order valence-electron chi connectivity index (χ3n) is 9.82. The lowest BCUT2D eigenvalue weighted by molar-refractivity contribution is -0.305. The van der Waals surface area contributed by atoms with E-state index < -0.39 is 55.4 Å². The summed E-state index contributed by atoms with van der Waals surface area (Å²) < 4.78 is 22.0. The number of unbranched alkanes of at least 4 members (excludes halogenated alkanes) is 20. The van der Waals surface area contributed by atoms with Crippen molar-refractivity contribution in [2.75, 3.05) is 19.8 Å². The number of aliphatic hydroxyl groups is 4. The molecule has 1 saturated heterocycles. The van der Waals surface area contributed by atoms with E-state index in [1.54, 1.807) is 0 Å². The molecule has 1 rings (SSSR count). The molecule has 2 unspecified atom stereocenters. The molecule has 1 aliphatic heterocycles. The fourth-order valence-electron chi connectivity index (χ4n) is 6.38. The van der Waals surface area contributed by atoms with Crippen LogP contribution in [0.2, 0.25) is 0 Å². The van der Waals surface area contributed by atoms with Gasteiger partial charge in [-0.1, -0.05) is 141 Å². The predicted molar refractivity (Wildman–Crippen MR) is 210 cm³/mol. The fraction of sp³-hybridized carbons (Fsp3) is 0.860. The third-order valence-corrected chi connectivity index (χ3v) is 9.82. The highest BCUT2D eigenvalue weighted by molar-refractivity contribution is 5.70. The summed E-state index contributed by atoms with van der Waals surface area (Å²) in [5.74, 6) is -0.879. The zero-order valence-corrected chi connectivity index (χ0v) is 33.5. The Bertz CT molecular complexity index is 923. The summed E-state index contributed by atoms with van der Waals surface area (Å²) in [5.41, 5.74) is 0. The van der Waals surface area contributed by atoms with Crippen LogP contribution in [0.15, 0.2) is 24.3 Å². The SMILES string of the molecule is CCCCCCCC/C=C/CCCCCC(=O)O[C@@H](COC(=O)CC/C=C/CCCCCCCCCCCCC)CO[C@H]1O[C@@H](CO)[C@@H](O)C(O)C1O. The van der Waals surface area contributed by atoms with Crippen LogP contribution in [0, 0.1) is 0 Å². The molecular formula is C43H78O10. The van der Waals surface area contributed by atoms with Crippen LogP contribution in [0.5, 0.6) is 0 Å². The smallest absolute Gasteiger partial charge is 0.306 e. The van der Waals surface area contributed by atoms with Gasteiger partial charge < -0.3 is 39.4 Å². The zero-order chi connectivity index (χ0) is 38.8. The Labute approximate surface area is 322 Å². The van der Waals surface area contributed by atoms with Crippen LogP contribution < -0.4 is 0 Å². The lowest BCUT2D eigenvalue weighted by Gasteiger charge is -2.39. The van der Waals surface area contributed by atoms with E-state index in [-0.39, 0.29) is 26.1 Å². The second-order valence-electron chi connectivity index (χ2n) is 14.8. The number of hydrogen-bond donors (Lipinski definition) is 4. The monoisotopic (exact) mass is 755 g/mol. The minimum atomic E-state index is -1.60. The topological polar surface area (TPSA) is 152 Å². The molecule has 310 valence electrons. The van der Waals surface area contributed by atoms with E-state index in [4.69, 9.17) is 18.9 Å². The van der Waals surface area contributed by atoms with Gasteiger partial charge in [0.1, 0.15) is 31.0 Å². The number of aliphatic hydroxyl groups excluding tert-OH is 4. The quantitative estimate of drug-likeness (QED) is 0.0281. The van der Waals surface area contributed by atoms with Gasteiger partial charge in [0, 0.05) is 12.8 Å². The molecule has 1 heterocycles. The molecule has 0 aromatic rings. The van der Waals surface area contributed by atoms with E-state index in [1.165, 1.54) is 103 Å². The van der Waals surface area contributed by atoms with Crippen LogP contribution in [0.3, 0.4) is 0 Å². The molecule has 4 N–H and O–H groups in total. The van der Waals surface area contributed by atoms with Crippen LogP contribution in [-0.4, -0.2) is 89.0 Å². The molecule has 0 aromatic carbocycles. The van der Waals surface area contributed by atoms with Crippen LogP contribution in [0.25, 0.3) is 0 Å². The molecule has 0 saturated carbocycles. The van der Waals surface area contributed by atoms with Gasteiger partial charge in [0.05, 0.1) is 13.2 Å². The maximum atomic E-state index is 12.7. The maximum absolute atomic E-state index is 12.7. The maximum Gasteiger partial charge on any atom is 0.306 e. The normalized spacial score (nSPS) is 21.1. The number of hydrogen-bond acceptors (Lipinski definition) is 10. The first kappa shape index (κ1) is 49.2. The van der Waals surface area contributed by atoms with E-state index in [2.05, 4.69) is 32.1 Å². The van der Waals surface area contributed by atoms with E-state index in [0.29, 0.717) is 12.8 Å². The zero-order valence-electron chi connectivity index (χ0n) is 33.5. The molecule has 1 aliphatic rings. The van der Waals surface area contributed by atoms with Gasteiger partial charge >= 0.3 is 11.9 Å². The summed E-state index contributed by atoms with van der Waals surface area (Å²) in [5, 5.41) is 40.0. The number of esters is 2. The number of carbonyl (C=O) groups is 2. The van der Waals surface area contributed by atoms with E-state index in [0.717, 1.165) is 38.5 Å². The van der Waals surface area contributed by atoms with Gasteiger partial charge in [0.2, 0.25) is 0 Å². The minimum absolute atomic E-state index is 0.191. The van der Waals surface area contributed by atoms with Crippen molar-refractivity contribution < 1.29 is 49.0 Å². The third kappa shape index (κ3) is 26.6. The second-order valence-corrected chi connectivity index (χ2v) is 14.8. The standard InChI is InChI=1S/C43H78O10/c1-3-5-7-9-11-13-15-17-18-20-21-23-25-27-29-31-38(45)50-34-36(35-51-43-42(49)41(48)40(47)37(33-44)53-43)52-39(46)32-30-28-26-24-22-19-16-14-12-10-8-6-4-2/h19,22,25,27,36-37,40-44,47-49H,3-18,20-21,23-24,26,28-35H2,1-2H3/b22-19+,27-25+/t36-,37-,40+,41?,42?,43-/m0/s1. The first-order valence-electron chi connectivity index (χ1n) is 21.4. The van der Waals surface area contributed by atoms with Crippen molar-refractivity contribution in [1.29, 1.82) is 0 Å². The van der Waals surface area contributed by atoms with Crippen LogP contribution in [0.1, 0.15) is 181 Å². The molecule has 10 nitrogen and oxygen atoms in total. The average molecular weight is 755 g/mol. The summed E-state index contributed by atoms with van der Waals surface area (Å²) >= 11 is 0. The van der Waals surface area contributed by atoms with Crippen LogP contribution >= 0.6 is 0 Å². The van der Waals surface area contributed by atoms with Crippen molar-refractivity contribution >= 4 is 11.9 Å². The van der Waals surface area contributed by atoms with Gasteiger partial charge in [-0.15, -0.1) is 0 Å². The van der Waals surface area contributed by atoms with Crippen molar-refractivity contribution in [3.63, 3.8) is 0 Å². The van der Waals surface area contributed by atoms with Crippen molar-refractivity contribution in [2.24, 2.45) is 0 Å². The van der Waals surface area contributed by atoms with E-state index >= 15 is 0 Å². The largest absolute Gasteiger partial charge is 0.462 e. The van der Waals surface area contributed by atoms with Gasteiger partial charge in [0.25, 0.3) is 0 Å². The van der Waals surface area contributed by atoms with Crippen LogP contribution in [0.4, 0.5) is 0 Å². The minimum Gasteiger partial charge on any atom is -0.462 e. The first-order chi connectivity index (χ1) is 25.8. The number of carbonyl (C=O) groups excluding carboxylic acids is 2. The lowest BCUT2D eigenvalue weighted by atomic mass is 9.99. The summed E-state index contributed by atoms with van der Waals surface area (Å²) in [7, 11) is 0. The Balaban J connectivity index is 2.38. The Morgan fingerprint density at radius 2 is 1.04 bits per heavy atom. The van der Waals surface area contributed by atoms with Crippen molar-refractivity contribution in [3.8, 4) is 0 Å². The van der Waals surface area contributed by atoms with E-state index in [1.807, 2.05) is 6.08 Å². The Morgan fingerprint density at radius 1 is 0.566 bits per heavy atom. The predicted octanol–water partition coefficient (Wildman–Crippen LogP) is 8.55. The number of allylic oxidation sites excluding steroid dienone is 4. The van der Waals surface area contributed by atoms with Gasteiger partial charge in [0.15, 0.2) is 12.4 Å². The summed E-state index contributed by atoms with van der Waals surface area (Å²) in [4.78, 5) is 25.2. The molecule has 0 bridgehead atoms. The summed E-state index contributed by atoms with van der Waals surface area (Å²) in [6.07, 6.45) is 29.1. The highest BCUT2D eigenvalue weighted by Crippen LogP contribution is 2.22. The molecule has 0 radical (unpaired) electrons. The lowest BCUT2D eigenvalue weighted by Crippen LogP contribution is -2.59. The van der Waals surface area contributed by atoms with E-state index in [9.17, 15) is 30.0 Å². The summed E-state index contributed by atoms with van der Waals surface area (Å²) in [6.45, 7) is 3.36. The first-order valence-corrected chi connectivity index (χ1v) is 21.4.